The third-order valence-electron chi connectivity index (χ3n) is 3.32. The van der Waals surface area contributed by atoms with Gasteiger partial charge in [0.15, 0.2) is 0 Å². The maximum absolute atomic E-state index is 11.9. The second-order valence-electron chi connectivity index (χ2n) is 4.64. The molecule has 0 bridgehead atoms. The first kappa shape index (κ1) is 10.3. The molecule has 1 aliphatic heterocycles. The van der Waals surface area contributed by atoms with E-state index in [1.54, 1.807) is 0 Å². The predicted octanol–water partition coefficient (Wildman–Crippen LogP) is 3.06. The van der Waals surface area contributed by atoms with Gasteiger partial charge in [-0.15, -0.1) is 0 Å². The maximum atomic E-state index is 11.9. The van der Waals surface area contributed by atoms with E-state index in [2.05, 4.69) is 34.1 Å². The summed E-state index contributed by atoms with van der Waals surface area (Å²) in [5.41, 5.74) is 2.49. The first-order valence-corrected chi connectivity index (χ1v) is 6.70. The molecule has 16 heavy (non-hydrogen) atoms. The molecule has 0 radical (unpaired) electrons. The van der Waals surface area contributed by atoms with Crippen LogP contribution in [0.5, 0.6) is 0 Å². The van der Waals surface area contributed by atoms with E-state index < -0.39 is 0 Å². The molecule has 1 aliphatic carbocycles. The predicted molar refractivity (Wildman–Crippen MR) is 68.1 cm³/mol. The molecule has 1 amide bonds. The number of para-hydroxylation sites is 1. The minimum atomic E-state index is 0.245. The van der Waals surface area contributed by atoms with Crippen molar-refractivity contribution in [3.05, 3.63) is 29.8 Å². The topological polar surface area (TPSA) is 20.3 Å². The Morgan fingerprint density at radius 1 is 1.25 bits per heavy atom. The highest BCUT2D eigenvalue weighted by atomic mass is 79.9. The van der Waals surface area contributed by atoms with E-state index >= 15 is 0 Å². The fraction of sp³-hybridized carbons (Fsp3) is 0.462. The smallest absolute Gasteiger partial charge is 0.228 e. The molecule has 1 saturated heterocycles. The number of benzene rings is 1. The van der Waals surface area contributed by atoms with Crippen LogP contribution in [0.15, 0.2) is 24.3 Å². The van der Waals surface area contributed by atoms with Gasteiger partial charge in [-0.1, -0.05) is 34.1 Å². The van der Waals surface area contributed by atoms with Crippen LogP contribution in [0.4, 0.5) is 5.69 Å². The summed E-state index contributed by atoms with van der Waals surface area (Å²) >= 11 is 3.53. The summed E-state index contributed by atoms with van der Waals surface area (Å²) in [6.45, 7) is 0.808. The fourth-order valence-electron chi connectivity index (χ4n) is 2.37. The monoisotopic (exact) mass is 279 g/mol. The van der Waals surface area contributed by atoms with Crippen LogP contribution in [-0.4, -0.2) is 17.3 Å². The number of amides is 1. The van der Waals surface area contributed by atoms with Gasteiger partial charge in [-0.05, 0) is 30.4 Å². The molecule has 2 fully saturated rings. The van der Waals surface area contributed by atoms with Crippen LogP contribution in [-0.2, 0) is 4.79 Å². The van der Waals surface area contributed by atoms with E-state index in [1.165, 1.54) is 18.4 Å². The Hall–Kier alpha value is -0.830. The average molecular weight is 280 g/mol. The highest BCUT2D eigenvalue weighted by Crippen LogP contribution is 2.45. The molecule has 1 atom stereocenters. The SMILES string of the molecule is O=C1CC(Br)CN1c1ccccc1C1CC1. The lowest BCUT2D eigenvalue weighted by atomic mass is 10.1. The molecule has 84 valence electrons. The van der Waals surface area contributed by atoms with E-state index in [-0.39, 0.29) is 5.91 Å². The van der Waals surface area contributed by atoms with Gasteiger partial charge in [-0.2, -0.15) is 0 Å². The number of anilines is 1. The number of alkyl halides is 1. The zero-order valence-corrected chi connectivity index (χ0v) is 10.6. The van der Waals surface area contributed by atoms with E-state index in [1.807, 2.05) is 11.0 Å². The average Bonchev–Trinajstić information content (AvgIpc) is 3.05. The Bertz CT molecular complexity index is 428. The largest absolute Gasteiger partial charge is 0.311 e. The molecule has 3 heteroatoms. The zero-order valence-electron chi connectivity index (χ0n) is 9.03. The van der Waals surface area contributed by atoms with E-state index in [0.29, 0.717) is 17.2 Å². The van der Waals surface area contributed by atoms with Crippen molar-refractivity contribution in [2.24, 2.45) is 0 Å². The van der Waals surface area contributed by atoms with Crippen LogP contribution in [0.3, 0.4) is 0 Å². The number of carbonyl (C=O) groups is 1. The molecule has 1 saturated carbocycles. The van der Waals surface area contributed by atoms with Crippen molar-refractivity contribution in [1.29, 1.82) is 0 Å². The fourth-order valence-corrected chi connectivity index (χ4v) is 2.94. The first-order chi connectivity index (χ1) is 7.75. The number of rotatable bonds is 2. The van der Waals surface area contributed by atoms with Gasteiger partial charge in [-0.25, -0.2) is 0 Å². The second-order valence-corrected chi connectivity index (χ2v) is 5.93. The third-order valence-corrected chi connectivity index (χ3v) is 3.94. The number of nitrogens with zero attached hydrogens (tertiary/aromatic N) is 1. The van der Waals surface area contributed by atoms with E-state index in [0.717, 1.165) is 12.2 Å². The molecule has 1 heterocycles. The normalized spacial score (nSPS) is 25.2. The summed E-state index contributed by atoms with van der Waals surface area (Å²) in [4.78, 5) is 14.1. The van der Waals surface area contributed by atoms with Crippen molar-refractivity contribution in [2.75, 3.05) is 11.4 Å². The number of hydrogen-bond acceptors (Lipinski definition) is 1. The lowest BCUT2D eigenvalue weighted by Crippen LogP contribution is -2.25. The minimum absolute atomic E-state index is 0.245. The van der Waals surface area contributed by atoms with Crippen molar-refractivity contribution >= 4 is 27.5 Å². The maximum Gasteiger partial charge on any atom is 0.228 e. The van der Waals surface area contributed by atoms with Gasteiger partial charge >= 0.3 is 0 Å². The van der Waals surface area contributed by atoms with Gasteiger partial charge in [0.2, 0.25) is 5.91 Å². The quantitative estimate of drug-likeness (QED) is 0.762. The van der Waals surface area contributed by atoms with Crippen molar-refractivity contribution in [3.8, 4) is 0 Å². The zero-order chi connectivity index (χ0) is 11.1. The molecule has 1 unspecified atom stereocenters. The van der Waals surface area contributed by atoms with E-state index in [9.17, 15) is 4.79 Å². The Labute approximate surface area is 104 Å². The Kier molecular flexibility index (Phi) is 2.51. The van der Waals surface area contributed by atoms with Crippen LogP contribution in [0.1, 0.15) is 30.7 Å². The molecule has 3 rings (SSSR count). The molecule has 2 aliphatic rings. The molecule has 0 N–H and O–H groups in total. The van der Waals surface area contributed by atoms with Crippen LogP contribution >= 0.6 is 15.9 Å². The van der Waals surface area contributed by atoms with Crippen LogP contribution in [0, 0.1) is 0 Å². The summed E-state index contributed by atoms with van der Waals surface area (Å²) in [5, 5.41) is 0. The lowest BCUT2D eigenvalue weighted by molar-refractivity contribution is -0.117. The van der Waals surface area contributed by atoms with E-state index in [4.69, 9.17) is 0 Å². The van der Waals surface area contributed by atoms with Gasteiger partial charge in [0.05, 0.1) is 0 Å². The van der Waals surface area contributed by atoms with Gasteiger partial charge < -0.3 is 4.90 Å². The summed E-state index contributed by atoms with van der Waals surface area (Å²) in [6.07, 6.45) is 3.17. The molecule has 1 aromatic carbocycles. The minimum Gasteiger partial charge on any atom is -0.311 e. The summed E-state index contributed by atoms with van der Waals surface area (Å²) in [6, 6.07) is 8.35. The van der Waals surface area contributed by atoms with Gasteiger partial charge in [0, 0.05) is 23.5 Å². The van der Waals surface area contributed by atoms with Gasteiger partial charge in [-0.3, -0.25) is 4.79 Å². The molecule has 0 aromatic heterocycles. The Balaban J connectivity index is 1.96. The molecule has 2 nitrogen and oxygen atoms in total. The van der Waals surface area contributed by atoms with Crippen LogP contribution in [0.2, 0.25) is 0 Å². The second kappa shape index (κ2) is 3.88. The van der Waals surface area contributed by atoms with Crippen molar-refractivity contribution in [3.63, 3.8) is 0 Å². The number of halogens is 1. The third kappa shape index (κ3) is 1.77. The number of hydrogen-bond donors (Lipinski definition) is 0. The Morgan fingerprint density at radius 3 is 2.62 bits per heavy atom. The Morgan fingerprint density at radius 2 is 2.00 bits per heavy atom. The highest BCUT2D eigenvalue weighted by Gasteiger charge is 2.33. The summed E-state index contributed by atoms with van der Waals surface area (Å²) < 4.78 is 0. The van der Waals surface area contributed by atoms with Gasteiger partial charge in [0.1, 0.15) is 0 Å². The van der Waals surface area contributed by atoms with Crippen molar-refractivity contribution in [1.82, 2.24) is 0 Å². The highest BCUT2D eigenvalue weighted by molar-refractivity contribution is 9.09. The molecule has 1 aromatic rings. The van der Waals surface area contributed by atoms with Crippen molar-refractivity contribution in [2.45, 2.75) is 30.0 Å². The summed E-state index contributed by atoms with van der Waals surface area (Å²) in [7, 11) is 0. The molecular formula is C13H14BrNO. The van der Waals surface area contributed by atoms with Crippen molar-refractivity contribution < 1.29 is 4.79 Å². The van der Waals surface area contributed by atoms with Crippen LogP contribution in [0.25, 0.3) is 0 Å². The first-order valence-electron chi connectivity index (χ1n) is 5.79. The molecule has 0 spiro atoms. The van der Waals surface area contributed by atoms with Crippen LogP contribution < -0.4 is 4.90 Å². The lowest BCUT2D eigenvalue weighted by Gasteiger charge is -2.19. The van der Waals surface area contributed by atoms with Gasteiger partial charge in [0.25, 0.3) is 0 Å². The summed E-state index contributed by atoms with van der Waals surface area (Å²) in [5.74, 6) is 0.938. The molecular weight excluding hydrogens is 266 g/mol. The number of carbonyl (C=O) groups excluding carboxylic acids is 1. The standard InChI is InChI=1S/C13H14BrNO/c14-10-7-13(16)15(8-10)12-4-2-1-3-11(12)9-5-6-9/h1-4,9-10H,5-8H2.